The molecule has 0 bridgehead atoms. The van der Waals surface area contributed by atoms with Gasteiger partial charge in [0, 0.05) is 23.5 Å². The fourth-order valence-electron chi connectivity index (χ4n) is 2.63. The lowest BCUT2D eigenvalue weighted by Gasteiger charge is -2.09. The minimum Gasteiger partial charge on any atom is -0.495 e. The standard InChI is InChI=1S/C22H18N4O2/c1-27-20-11-16(13-23-14-20)21-12-22(25-15-24-21)26-17-7-9-19(10-8-17)28-18-5-3-2-4-6-18/h2-15H,1H3,(H,24,25,26). The number of aromatic nitrogens is 3. The van der Waals surface area contributed by atoms with E-state index in [2.05, 4.69) is 20.3 Å². The fraction of sp³-hybridized carbons (Fsp3) is 0.0455. The van der Waals surface area contributed by atoms with Crippen molar-refractivity contribution in [1.29, 1.82) is 0 Å². The van der Waals surface area contributed by atoms with Gasteiger partial charge in [-0.25, -0.2) is 9.97 Å². The third kappa shape index (κ3) is 4.24. The molecule has 4 aromatic rings. The van der Waals surface area contributed by atoms with Crippen molar-refractivity contribution in [3.8, 4) is 28.5 Å². The second kappa shape index (κ2) is 8.18. The highest BCUT2D eigenvalue weighted by Gasteiger charge is 2.05. The van der Waals surface area contributed by atoms with Crippen molar-refractivity contribution >= 4 is 11.5 Å². The van der Waals surface area contributed by atoms with E-state index in [0.717, 1.165) is 28.4 Å². The number of hydrogen-bond donors (Lipinski definition) is 1. The predicted molar refractivity (Wildman–Crippen MR) is 108 cm³/mol. The molecule has 0 atom stereocenters. The maximum Gasteiger partial charge on any atom is 0.137 e. The molecule has 2 heterocycles. The van der Waals surface area contributed by atoms with E-state index in [0.29, 0.717) is 11.6 Å². The van der Waals surface area contributed by atoms with Crippen LogP contribution in [0.2, 0.25) is 0 Å². The molecule has 2 aromatic carbocycles. The Morgan fingerprint density at radius 2 is 1.57 bits per heavy atom. The third-order valence-electron chi connectivity index (χ3n) is 4.02. The number of benzene rings is 2. The lowest BCUT2D eigenvalue weighted by atomic mass is 10.2. The molecular formula is C22H18N4O2. The molecule has 0 saturated carbocycles. The summed E-state index contributed by atoms with van der Waals surface area (Å²) < 4.78 is 11.0. The highest BCUT2D eigenvalue weighted by atomic mass is 16.5. The van der Waals surface area contributed by atoms with Crippen LogP contribution in [-0.2, 0) is 0 Å². The molecule has 0 unspecified atom stereocenters. The monoisotopic (exact) mass is 370 g/mol. The van der Waals surface area contributed by atoms with Gasteiger partial charge in [0.15, 0.2) is 0 Å². The molecule has 0 saturated heterocycles. The zero-order chi connectivity index (χ0) is 19.2. The smallest absolute Gasteiger partial charge is 0.137 e. The van der Waals surface area contributed by atoms with Gasteiger partial charge >= 0.3 is 0 Å². The fourth-order valence-corrected chi connectivity index (χ4v) is 2.63. The zero-order valence-electron chi connectivity index (χ0n) is 15.2. The van der Waals surface area contributed by atoms with Crippen molar-refractivity contribution in [2.45, 2.75) is 0 Å². The summed E-state index contributed by atoms with van der Waals surface area (Å²) in [7, 11) is 1.61. The Kier molecular flexibility index (Phi) is 5.11. The van der Waals surface area contributed by atoms with Crippen LogP contribution in [0.1, 0.15) is 0 Å². The lowest BCUT2D eigenvalue weighted by molar-refractivity contribution is 0.413. The first-order valence-electron chi connectivity index (χ1n) is 8.71. The van der Waals surface area contributed by atoms with E-state index in [1.807, 2.05) is 66.7 Å². The summed E-state index contributed by atoms with van der Waals surface area (Å²) in [5.74, 6) is 2.93. The highest BCUT2D eigenvalue weighted by molar-refractivity contribution is 5.65. The van der Waals surface area contributed by atoms with Crippen LogP contribution in [0, 0.1) is 0 Å². The topological polar surface area (TPSA) is 69.2 Å². The molecular weight excluding hydrogens is 352 g/mol. The molecule has 0 aliphatic heterocycles. The van der Waals surface area contributed by atoms with E-state index in [4.69, 9.17) is 9.47 Å². The van der Waals surface area contributed by atoms with Gasteiger partial charge in [-0.15, -0.1) is 0 Å². The Hall–Kier alpha value is -3.93. The first-order chi connectivity index (χ1) is 13.8. The number of methoxy groups -OCH3 is 1. The SMILES string of the molecule is COc1cncc(-c2cc(Nc3ccc(Oc4ccccc4)cc3)ncn2)c1. The second-order valence-electron chi connectivity index (χ2n) is 5.97. The summed E-state index contributed by atoms with van der Waals surface area (Å²) in [5.41, 5.74) is 2.51. The molecule has 4 rings (SSSR count). The predicted octanol–water partition coefficient (Wildman–Crippen LogP) is 5.08. The second-order valence-corrected chi connectivity index (χ2v) is 5.97. The van der Waals surface area contributed by atoms with Crippen LogP contribution in [0.4, 0.5) is 11.5 Å². The van der Waals surface area contributed by atoms with E-state index >= 15 is 0 Å². The van der Waals surface area contributed by atoms with Crippen molar-refractivity contribution in [3.05, 3.63) is 85.5 Å². The summed E-state index contributed by atoms with van der Waals surface area (Å²) in [6.45, 7) is 0. The Morgan fingerprint density at radius 1 is 0.786 bits per heavy atom. The maximum absolute atomic E-state index is 5.81. The minimum absolute atomic E-state index is 0.680. The molecule has 0 aliphatic rings. The van der Waals surface area contributed by atoms with Crippen molar-refractivity contribution in [2.75, 3.05) is 12.4 Å². The number of para-hydroxylation sites is 1. The van der Waals surface area contributed by atoms with Crippen LogP contribution < -0.4 is 14.8 Å². The molecule has 0 radical (unpaired) electrons. The summed E-state index contributed by atoms with van der Waals surface area (Å²) in [5, 5.41) is 3.28. The number of nitrogens with one attached hydrogen (secondary N) is 1. The molecule has 2 aromatic heterocycles. The van der Waals surface area contributed by atoms with E-state index in [-0.39, 0.29) is 0 Å². The van der Waals surface area contributed by atoms with Crippen molar-refractivity contribution in [1.82, 2.24) is 15.0 Å². The summed E-state index contributed by atoms with van der Waals surface area (Å²) in [6, 6.07) is 21.1. The van der Waals surface area contributed by atoms with E-state index in [1.165, 1.54) is 6.33 Å². The van der Waals surface area contributed by atoms with Gasteiger partial charge in [0.2, 0.25) is 0 Å². The van der Waals surface area contributed by atoms with Crippen molar-refractivity contribution in [3.63, 3.8) is 0 Å². The van der Waals surface area contributed by atoms with Gasteiger partial charge in [0.05, 0.1) is 19.0 Å². The Morgan fingerprint density at radius 3 is 2.36 bits per heavy atom. The molecule has 0 amide bonds. The molecule has 6 nitrogen and oxygen atoms in total. The highest BCUT2D eigenvalue weighted by Crippen LogP contribution is 2.26. The number of pyridine rings is 1. The van der Waals surface area contributed by atoms with Gasteiger partial charge in [-0.3, -0.25) is 4.98 Å². The van der Waals surface area contributed by atoms with Gasteiger partial charge < -0.3 is 14.8 Å². The Balaban J connectivity index is 1.48. The molecule has 0 spiro atoms. The first-order valence-corrected chi connectivity index (χ1v) is 8.71. The van der Waals surface area contributed by atoms with Gasteiger partial charge in [-0.05, 0) is 42.5 Å². The van der Waals surface area contributed by atoms with Crippen LogP contribution >= 0.6 is 0 Å². The van der Waals surface area contributed by atoms with Crippen LogP contribution in [-0.4, -0.2) is 22.1 Å². The number of hydrogen-bond acceptors (Lipinski definition) is 6. The van der Waals surface area contributed by atoms with Gasteiger partial charge in [0.25, 0.3) is 0 Å². The molecule has 28 heavy (non-hydrogen) atoms. The van der Waals surface area contributed by atoms with E-state index < -0.39 is 0 Å². The zero-order valence-corrected chi connectivity index (χ0v) is 15.2. The summed E-state index contributed by atoms with van der Waals surface area (Å²) >= 11 is 0. The van der Waals surface area contributed by atoms with Crippen LogP contribution in [0.15, 0.2) is 85.5 Å². The van der Waals surface area contributed by atoms with Gasteiger partial charge in [-0.2, -0.15) is 0 Å². The average Bonchev–Trinajstić information content (AvgIpc) is 2.76. The quantitative estimate of drug-likeness (QED) is 0.510. The molecule has 0 fully saturated rings. The normalized spacial score (nSPS) is 10.3. The summed E-state index contributed by atoms with van der Waals surface area (Å²) in [4.78, 5) is 12.8. The van der Waals surface area contributed by atoms with E-state index in [9.17, 15) is 0 Å². The van der Waals surface area contributed by atoms with E-state index in [1.54, 1.807) is 19.5 Å². The number of ether oxygens (including phenoxy) is 2. The van der Waals surface area contributed by atoms with Crippen LogP contribution in [0.25, 0.3) is 11.3 Å². The number of rotatable bonds is 6. The first kappa shape index (κ1) is 17.5. The molecule has 6 heteroatoms. The number of nitrogens with zero attached hydrogens (tertiary/aromatic N) is 3. The average molecular weight is 370 g/mol. The maximum atomic E-state index is 5.81. The minimum atomic E-state index is 0.680. The Bertz CT molecular complexity index is 1050. The molecule has 1 N–H and O–H groups in total. The van der Waals surface area contributed by atoms with Crippen LogP contribution in [0.3, 0.4) is 0 Å². The Labute approximate surface area is 162 Å². The number of anilines is 2. The van der Waals surface area contributed by atoms with Crippen molar-refractivity contribution in [2.24, 2.45) is 0 Å². The third-order valence-corrected chi connectivity index (χ3v) is 4.02. The summed E-state index contributed by atoms with van der Waals surface area (Å²) in [6.07, 6.45) is 4.91. The van der Waals surface area contributed by atoms with Gasteiger partial charge in [0.1, 0.15) is 29.4 Å². The van der Waals surface area contributed by atoms with Gasteiger partial charge in [-0.1, -0.05) is 18.2 Å². The van der Waals surface area contributed by atoms with Crippen LogP contribution in [0.5, 0.6) is 17.2 Å². The van der Waals surface area contributed by atoms with Crippen molar-refractivity contribution < 1.29 is 9.47 Å². The lowest BCUT2D eigenvalue weighted by Crippen LogP contribution is -1.96. The molecule has 0 aliphatic carbocycles. The molecule has 138 valence electrons. The largest absolute Gasteiger partial charge is 0.495 e.